The highest BCUT2D eigenvalue weighted by Crippen LogP contribution is 2.40. The molecule has 1 aliphatic rings. The zero-order valence-corrected chi connectivity index (χ0v) is 12.6. The van der Waals surface area contributed by atoms with Crippen LogP contribution >= 0.6 is 0 Å². The van der Waals surface area contributed by atoms with Gasteiger partial charge < -0.3 is 14.0 Å². The van der Waals surface area contributed by atoms with Crippen molar-refractivity contribution in [2.24, 2.45) is 0 Å². The van der Waals surface area contributed by atoms with Crippen LogP contribution in [0.15, 0.2) is 18.2 Å². The number of nitrogens with zero attached hydrogens (tertiary/aromatic N) is 2. The fourth-order valence-corrected chi connectivity index (χ4v) is 2.62. The summed E-state index contributed by atoms with van der Waals surface area (Å²) in [5.41, 5.74) is 1.93. The molecule has 1 heterocycles. The number of hydrogen-bond donors (Lipinski definition) is 0. The van der Waals surface area contributed by atoms with Crippen molar-refractivity contribution >= 4 is 17.0 Å². The van der Waals surface area contributed by atoms with Crippen LogP contribution in [0.3, 0.4) is 0 Å². The quantitative estimate of drug-likeness (QED) is 0.793. The standard InChI is InChI=1S/C16H20N2O3/c1-4-21-16(19)10(2)15-17-13-9-12(20-3)7-8-14(13)18(15)11-5-6-11/h7-11H,4-6H2,1-3H3. The highest BCUT2D eigenvalue weighted by atomic mass is 16.5. The van der Waals surface area contributed by atoms with Gasteiger partial charge in [0.15, 0.2) is 0 Å². The van der Waals surface area contributed by atoms with Crippen LogP contribution in [0, 0.1) is 0 Å². The maximum Gasteiger partial charge on any atom is 0.316 e. The number of esters is 1. The van der Waals surface area contributed by atoms with Gasteiger partial charge in [0.25, 0.3) is 0 Å². The molecule has 21 heavy (non-hydrogen) atoms. The van der Waals surface area contributed by atoms with Crippen LogP contribution in [0.5, 0.6) is 5.75 Å². The highest BCUT2D eigenvalue weighted by molar-refractivity contribution is 5.82. The van der Waals surface area contributed by atoms with Crippen molar-refractivity contribution in [2.45, 2.75) is 38.6 Å². The number of imidazole rings is 1. The molecule has 0 N–H and O–H groups in total. The van der Waals surface area contributed by atoms with E-state index >= 15 is 0 Å². The van der Waals surface area contributed by atoms with E-state index in [2.05, 4.69) is 9.55 Å². The molecule has 5 heteroatoms. The van der Waals surface area contributed by atoms with Gasteiger partial charge in [-0.05, 0) is 38.8 Å². The van der Waals surface area contributed by atoms with Crippen molar-refractivity contribution < 1.29 is 14.3 Å². The molecule has 0 bridgehead atoms. The first-order valence-electron chi connectivity index (χ1n) is 7.38. The fourth-order valence-electron chi connectivity index (χ4n) is 2.62. The molecule has 0 aliphatic heterocycles. The molecule has 0 saturated heterocycles. The Morgan fingerprint density at radius 1 is 1.48 bits per heavy atom. The summed E-state index contributed by atoms with van der Waals surface area (Å²) in [6, 6.07) is 6.31. The van der Waals surface area contributed by atoms with Crippen molar-refractivity contribution in [3.63, 3.8) is 0 Å². The molecule has 1 atom stereocenters. The molecule has 5 nitrogen and oxygen atoms in total. The number of fused-ring (bicyclic) bond motifs is 1. The number of rotatable bonds is 5. The smallest absolute Gasteiger partial charge is 0.316 e. The lowest BCUT2D eigenvalue weighted by molar-refractivity contribution is -0.144. The molecule has 3 rings (SSSR count). The van der Waals surface area contributed by atoms with Crippen LogP contribution in [-0.2, 0) is 9.53 Å². The van der Waals surface area contributed by atoms with Gasteiger partial charge in [0.1, 0.15) is 17.5 Å². The monoisotopic (exact) mass is 288 g/mol. The van der Waals surface area contributed by atoms with Crippen LogP contribution in [-0.4, -0.2) is 29.2 Å². The lowest BCUT2D eigenvalue weighted by atomic mass is 10.1. The fraction of sp³-hybridized carbons (Fsp3) is 0.500. The summed E-state index contributed by atoms with van der Waals surface area (Å²) in [7, 11) is 1.64. The molecule has 0 radical (unpaired) electrons. The molecule has 1 saturated carbocycles. The lowest BCUT2D eigenvalue weighted by Gasteiger charge is -2.13. The SMILES string of the molecule is CCOC(=O)C(C)c1nc2cc(OC)ccc2n1C1CC1. The van der Waals surface area contributed by atoms with Gasteiger partial charge >= 0.3 is 5.97 Å². The number of aromatic nitrogens is 2. The van der Waals surface area contributed by atoms with Crippen LogP contribution in [0.2, 0.25) is 0 Å². The van der Waals surface area contributed by atoms with E-state index in [1.165, 1.54) is 0 Å². The Hall–Kier alpha value is -2.04. The molecule has 2 aromatic rings. The molecule has 1 aromatic carbocycles. The van der Waals surface area contributed by atoms with Gasteiger partial charge in [0.05, 0.1) is 24.8 Å². The van der Waals surface area contributed by atoms with E-state index < -0.39 is 0 Å². The third-order valence-electron chi connectivity index (χ3n) is 3.86. The maximum absolute atomic E-state index is 12.0. The molecule has 1 unspecified atom stereocenters. The summed E-state index contributed by atoms with van der Waals surface area (Å²) < 4.78 is 12.6. The van der Waals surface area contributed by atoms with Gasteiger partial charge in [0, 0.05) is 12.1 Å². The maximum atomic E-state index is 12.0. The Morgan fingerprint density at radius 2 is 2.24 bits per heavy atom. The highest BCUT2D eigenvalue weighted by Gasteiger charge is 2.32. The van der Waals surface area contributed by atoms with Crippen LogP contribution in [0.4, 0.5) is 0 Å². The van der Waals surface area contributed by atoms with E-state index in [-0.39, 0.29) is 11.9 Å². The second kappa shape index (κ2) is 5.39. The predicted octanol–water partition coefficient (Wildman–Crippen LogP) is 3.05. The van der Waals surface area contributed by atoms with E-state index in [9.17, 15) is 4.79 Å². The van der Waals surface area contributed by atoms with Crippen LogP contribution in [0.25, 0.3) is 11.0 Å². The number of carbonyl (C=O) groups is 1. The molecular weight excluding hydrogens is 268 g/mol. The summed E-state index contributed by atoms with van der Waals surface area (Å²) in [6.07, 6.45) is 2.28. The van der Waals surface area contributed by atoms with Crippen LogP contribution < -0.4 is 4.74 Å². The molecule has 112 valence electrons. The Bertz CT molecular complexity index is 673. The summed E-state index contributed by atoms with van der Waals surface area (Å²) in [4.78, 5) is 16.7. The van der Waals surface area contributed by atoms with E-state index in [0.29, 0.717) is 12.6 Å². The van der Waals surface area contributed by atoms with Gasteiger partial charge in [-0.2, -0.15) is 0 Å². The Kier molecular flexibility index (Phi) is 3.57. The summed E-state index contributed by atoms with van der Waals surface area (Å²) in [5.74, 6) is 0.989. The molecule has 1 fully saturated rings. The number of benzene rings is 1. The van der Waals surface area contributed by atoms with Crippen molar-refractivity contribution in [2.75, 3.05) is 13.7 Å². The number of carbonyl (C=O) groups excluding carboxylic acids is 1. The minimum atomic E-state index is -0.357. The van der Waals surface area contributed by atoms with Crippen molar-refractivity contribution in [1.29, 1.82) is 0 Å². The number of methoxy groups -OCH3 is 1. The van der Waals surface area contributed by atoms with E-state index in [1.54, 1.807) is 7.11 Å². The normalized spacial score (nSPS) is 16.0. The Balaban J connectivity index is 2.08. The van der Waals surface area contributed by atoms with E-state index in [0.717, 1.165) is 35.4 Å². The largest absolute Gasteiger partial charge is 0.497 e. The minimum absolute atomic E-state index is 0.221. The second-order valence-corrected chi connectivity index (χ2v) is 5.40. The average Bonchev–Trinajstić information content (AvgIpc) is 3.26. The van der Waals surface area contributed by atoms with Crippen LogP contribution in [0.1, 0.15) is 44.5 Å². The van der Waals surface area contributed by atoms with E-state index in [1.807, 2.05) is 32.0 Å². The number of ether oxygens (including phenoxy) is 2. The second-order valence-electron chi connectivity index (χ2n) is 5.40. The first-order chi connectivity index (χ1) is 10.2. The first-order valence-corrected chi connectivity index (χ1v) is 7.38. The van der Waals surface area contributed by atoms with Gasteiger partial charge in [0.2, 0.25) is 0 Å². The third kappa shape index (κ3) is 2.48. The first kappa shape index (κ1) is 13.9. The minimum Gasteiger partial charge on any atom is -0.497 e. The molecule has 1 aromatic heterocycles. The van der Waals surface area contributed by atoms with Gasteiger partial charge in [-0.15, -0.1) is 0 Å². The van der Waals surface area contributed by atoms with Gasteiger partial charge in [-0.3, -0.25) is 4.79 Å². The summed E-state index contributed by atoms with van der Waals surface area (Å²) in [6.45, 7) is 4.06. The van der Waals surface area contributed by atoms with E-state index in [4.69, 9.17) is 9.47 Å². The molecule has 0 amide bonds. The Labute approximate surface area is 123 Å². The molecule has 0 spiro atoms. The Morgan fingerprint density at radius 3 is 2.86 bits per heavy atom. The number of hydrogen-bond acceptors (Lipinski definition) is 4. The average molecular weight is 288 g/mol. The van der Waals surface area contributed by atoms with Crippen molar-refractivity contribution in [3.8, 4) is 5.75 Å². The lowest BCUT2D eigenvalue weighted by Crippen LogP contribution is -2.17. The van der Waals surface area contributed by atoms with Crippen molar-refractivity contribution in [3.05, 3.63) is 24.0 Å². The molecular formula is C16H20N2O3. The third-order valence-corrected chi connectivity index (χ3v) is 3.86. The summed E-state index contributed by atoms with van der Waals surface area (Å²) in [5, 5.41) is 0. The zero-order valence-electron chi connectivity index (χ0n) is 12.6. The van der Waals surface area contributed by atoms with Gasteiger partial charge in [-0.1, -0.05) is 0 Å². The topological polar surface area (TPSA) is 53.4 Å². The molecule has 1 aliphatic carbocycles. The predicted molar refractivity (Wildman–Crippen MR) is 79.6 cm³/mol. The summed E-state index contributed by atoms with van der Waals surface area (Å²) >= 11 is 0. The van der Waals surface area contributed by atoms with Gasteiger partial charge in [-0.25, -0.2) is 4.98 Å². The zero-order chi connectivity index (χ0) is 15.0. The van der Waals surface area contributed by atoms with Crippen molar-refractivity contribution in [1.82, 2.24) is 9.55 Å².